The highest BCUT2D eigenvalue weighted by Gasteiger charge is 2.32. The summed E-state index contributed by atoms with van der Waals surface area (Å²) in [6.07, 6.45) is 2.59. The van der Waals surface area contributed by atoms with E-state index in [4.69, 9.17) is 16.3 Å². The fourth-order valence-electron chi connectivity index (χ4n) is 2.23. The van der Waals surface area contributed by atoms with Gasteiger partial charge in [0.2, 0.25) is 0 Å². The van der Waals surface area contributed by atoms with Crippen LogP contribution in [0.1, 0.15) is 45.6 Å². The topological polar surface area (TPSA) is 29.5 Å². The van der Waals surface area contributed by atoms with Crippen molar-refractivity contribution < 1.29 is 13.9 Å². The number of hydrogen-bond acceptors (Lipinski definition) is 2. The van der Waals surface area contributed by atoms with Crippen LogP contribution in [0.25, 0.3) is 0 Å². The van der Waals surface area contributed by atoms with Crippen LogP contribution in [0.4, 0.5) is 9.18 Å². The molecule has 0 heterocycles. The summed E-state index contributed by atoms with van der Waals surface area (Å²) in [6.45, 7) is 5.74. The number of carbonyl (C=O) groups excluding carboxylic acids is 1. The number of hydrogen-bond donors (Lipinski definition) is 0. The van der Waals surface area contributed by atoms with E-state index < -0.39 is 11.4 Å². The Morgan fingerprint density at radius 1 is 1.45 bits per heavy atom. The van der Waals surface area contributed by atoms with Gasteiger partial charge < -0.3 is 9.64 Å². The fourth-order valence-corrected chi connectivity index (χ4v) is 2.93. The lowest BCUT2D eigenvalue weighted by molar-refractivity contribution is 0.00460. The maximum atomic E-state index is 13.7. The average Bonchev–Trinajstić information content (AvgIpc) is 2.30. The molecule has 0 aliphatic heterocycles. The summed E-state index contributed by atoms with van der Waals surface area (Å²) in [7, 11) is 0. The van der Waals surface area contributed by atoms with E-state index >= 15 is 0 Å². The van der Waals surface area contributed by atoms with E-state index in [-0.39, 0.29) is 18.7 Å². The lowest BCUT2D eigenvalue weighted by Gasteiger charge is -2.38. The van der Waals surface area contributed by atoms with Crippen molar-refractivity contribution in [3.8, 4) is 0 Å². The van der Waals surface area contributed by atoms with Crippen molar-refractivity contribution in [3.63, 3.8) is 0 Å². The Bertz CT molecular complexity index is 570. The van der Waals surface area contributed by atoms with Crippen LogP contribution >= 0.6 is 27.5 Å². The lowest BCUT2D eigenvalue weighted by atomic mass is 9.91. The maximum Gasteiger partial charge on any atom is 0.410 e. The van der Waals surface area contributed by atoms with E-state index in [0.29, 0.717) is 15.1 Å². The van der Waals surface area contributed by atoms with Crippen molar-refractivity contribution in [2.75, 3.05) is 0 Å². The molecule has 1 aliphatic rings. The van der Waals surface area contributed by atoms with Gasteiger partial charge in [-0.05, 0) is 73.7 Å². The largest absolute Gasteiger partial charge is 0.444 e. The average molecular weight is 393 g/mol. The van der Waals surface area contributed by atoms with Gasteiger partial charge in [0, 0.05) is 11.1 Å². The van der Waals surface area contributed by atoms with Crippen molar-refractivity contribution in [3.05, 3.63) is 33.0 Å². The number of rotatable bonds is 3. The van der Waals surface area contributed by atoms with E-state index in [0.717, 1.165) is 19.3 Å². The molecule has 3 nitrogen and oxygen atoms in total. The number of halogens is 3. The van der Waals surface area contributed by atoms with Crippen LogP contribution < -0.4 is 0 Å². The SMILES string of the molecule is CC(C)(C)OC(=O)N(Cc1cc(F)c(Br)cc1Cl)C1CCC1. The van der Waals surface area contributed by atoms with Gasteiger partial charge in [0.05, 0.1) is 11.0 Å². The van der Waals surface area contributed by atoms with E-state index in [9.17, 15) is 9.18 Å². The molecule has 1 saturated carbocycles. The van der Waals surface area contributed by atoms with Crippen LogP contribution in [0, 0.1) is 5.82 Å². The van der Waals surface area contributed by atoms with Gasteiger partial charge in [0.15, 0.2) is 0 Å². The van der Waals surface area contributed by atoms with Crippen molar-refractivity contribution >= 4 is 33.6 Å². The van der Waals surface area contributed by atoms with E-state index in [2.05, 4.69) is 15.9 Å². The Morgan fingerprint density at radius 2 is 2.09 bits per heavy atom. The Balaban J connectivity index is 2.20. The molecule has 1 aromatic carbocycles. The maximum absolute atomic E-state index is 13.7. The molecule has 0 N–H and O–H groups in total. The van der Waals surface area contributed by atoms with E-state index in [1.807, 2.05) is 20.8 Å². The monoisotopic (exact) mass is 391 g/mol. The molecule has 22 heavy (non-hydrogen) atoms. The standard InChI is InChI=1S/C16H20BrClFNO2/c1-16(2,3)22-15(21)20(11-5-4-6-11)9-10-7-14(19)12(17)8-13(10)18/h7-8,11H,4-6,9H2,1-3H3. The van der Waals surface area contributed by atoms with E-state index in [1.165, 1.54) is 12.1 Å². The Hall–Kier alpha value is -0.810. The highest BCUT2D eigenvalue weighted by molar-refractivity contribution is 9.10. The van der Waals surface area contributed by atoms with Crippen molar-refractivity contribution in [2.24, 2.45) is 0 Å². The molecular weight excluding hydrogens is 373 g/mol. The predicted molar refractivity (Wildman–Crippen MR) is 88.5 cm³/mol. The number of carbonyl (C=O) groups is 1. The summed E-state index contributed by atoms with van der Waals surface area (Å²) in [5.74, 6) is -0.392. The molecule has 0 unspecified atom stereocenters. The summed E-state index contributed by atoms with van der Waals surface area (Å²) in [5.41, 5.74) is 0.0218. The van der Waals surface area contributed by atoms with Crippen LogP contribution in [-0.4, -0.2) is 22.6 Å². The Kier molecular flexibility index (Phi) is 5.38. The van der Waals surface area contributed by atoms with Gasteiger partial charge in [0.1, 0.15) is 11.4 Å². The zero-order chi connectivity index (χ0) is 16.5. The minimum Gasteiger partial charge on any atom is -0.444 e. The van der Waals surface area contributed by atoms with Gasteiger partial charge in [-0.3, -0.25) is 0 Å². The molecule has 0 atom stereocenters. The van der Waals surface area contributed by atoms with E-state index in [1.54, 1.807) is 4.90 Å². The number of benzene rings is 1. The summed E-state index contributed by atoms with van der Waals surface area (Å²) in [6, 6.07) is 3.01. The smallest absolute Gasteiger partial charge is 0.410 e. The molecule has 0 bridgehead atoms. The third kappa shape index (κ3) is 4.35. The summed E-state index contributed by atoms with van der Waals surface area (Å²) < 4.78 is 19.5. The molecular formula is C16H20BrClFNO2. The Morgan fingerprint density at radius 3 is 2.59 bits per heavy atom. The summed E-state index contributed by atoms with van der Waals surface area (Å²) in [4.78, 5) is 14.1. The Labute approximate surface area is 143 Å². The highest BCUT2D eigenvalue weighted by Crippen LogP contribution is 2.31. The second-order valence-electron chi connectivity index (χ2n) is 6.55. The van der Waals surface area contributed by atoms with Gasteiger partial charge in [-0.2, -0.15) is 0 Å². The second-order valence-corrected chi connectivity index (χ2v) is 7.81. The second kappa shape index (κ2) is 6.75. The predicted octanol–water partition coefficient (Wildman–Crippen LogP) is 5.53. The first-order valence-corrected chi connectivity index (χ1v) is 8.47. The van der Waals surface area contributed by atoms with Gasteiger partial charge >= 0.3 is 6.09 Å². The number of ether oxygens (including phenoxy) is 1. The first-order chi connectivity index (χ1) is 10.2. The third-order valence-electron chi connectivity index (χ3n) is 3.57. The molecule has 0 aromatic heterocycles. The molecule has 1 aromatic rings. The first kappa shape index (κ1) is 17.5. The molecule has 0 spiro atoms. The molecule has 122 valence electrons. The third-order valence-corrected chi connectivity index (χ3v) is 4.53. The molecule has 1 amide bonds. The van der Waals surface area contributed by atoms with Crippen molar-refractivity contribution in [2.45, 2.75) is 58.2 Å². The van der Waals surface area contributed by atoms with Crippen LogP contribution in [-0.2, 0) is 11.3 Å². The summed E-state index contributed by atoms with van der Waals surface area (Å²) >= 11 is 9.28. The van der Waals surface area contributed by atoms with Gasteiger partial charge in [-0.1, -0.05) is 11.6 Å². The van der Waals surface area contributed by atoms with Crippen LogP contribution in [0.2, 0.25) is 5.02 Å². The van der Waals surface area contributed by atoms with Crippen LogP contribution in [0.15, 0.2) is 16.6 Å². The molecule has 1 aliphatic carbocycles. The quantitative estimate of drug-likeness (QED) is 0.633. The fraction of sp³-hybridized carbons (Fsp3) is 0.562. The summed E-state index contributed by atoms with van der Waals surface area (Å²) in [5, 5.41) is 0.432. The zero-order valence-corrected chi connectivity index (χ0v) is 15.3. The van der Waals surface area contributed by atoms with Gasteiger partial charge in [-0.25, -0.2) is 9.18 Å². The number of nitrogens with zero attached hydrogens (tertiary/aromatic N) is 1. The minimum absolute atomic E-state index is 0.137. The van der Waals surface area contributed by atoms with Crippen LogP contribution in [0.3, 0.4) is 0 Å². The highest BCUT2D eigenvalue weighted by atomic mass is 79.9. The van der Waals surface area contributed by atoms with Crippen molar-refractivity contribution in [1.29, 1.82) is 0 Å². The van der Waals surface area contributed by atoms with Gasteiger partial charge in [-0.15, -0.1) is 0 Å². The zero-order valence-electron chi connectivity index (χ0n) is 13.0. The normalized spacial score (nSPS) is 15.4. The van der Waals surface area contributed by atoms with Gasteiger partial charge in [0.25, 0.3) is 0 Å². The molecule has 0 saturated heterocycles. The number of amides is 1. The molecule has 1 fully saturated rings. The lowest BCUT2D eigenvalue weighted by Crippen LogP contribution is -2.46. The van der Waals surface area contributed by atoms with Crippen LogP contribution in [0.5, 0.6) is 0 Å². The minimum atomic E-state index is -0.562. The molecule has 6 heteroatoms. The first-order valence-electron chi connectivity index (χ1n) is 7.30. The van der Waals surface area contributed by atoms with Crippen molar-refractivity contribution in [1.82, 2.24) is 4.90 Å². The molecule has 2 rings (SSSR count). The molecule has 0 radical (unpaired) electrons.